The molecule has 0 atom stereocenters. The van der Waals surface area contributed by atoms with Crippen LogP contribution in [-0.2, 0) is 11.3 Å². The molecule has 0 heterocycles. The van der Waals surface area contributed by atoms with Gasteiger partial charge >= 0.3 is 5.43 Å². The van der Waals surface area contributed by atoms with Crippen molar-refractivity contribution in [1.82, 2.24) is 0 Å². The molecule has 2 aromatic rings. The predicted molar refractivity (Wildman–Crippen MR) is 77.8 cm³/mol. The highest BCUT2D eigenvalue weighted by Crippen LogP contribution is 2.19. The van der Waals surface area contributed by atoms with Gasteiger partial charge in [0.2, 0.25) is 0 Å². The Hall–Kier alpha value is -2.71. The van der Waals surface area contributed by atoms with Crippen molar-refractivity contribution in [3.05, 3.63) is 59.7 Å². The van der Waals surface area contributed by atoms with Gasteiger partial charge in [-0.2, -0.15) is 15.5 Å². The quantitative estimate of drug-likeness (QED) is 0.598. The number of hydrogen-bond donors (Lipinski definition) is 0. The molecule has 0 unspecified atom stereocenters. The van der Waals surface area contributed by atoms with Crippen LogP contribution in [0, 0.1) is 11.3 Å². The average Bonchev–Trinajstić information content (AvgIpc) is 2.52. The Labute approximate surface area is 126 Å². The van der Waals surface area contributed by atoms with Crippen LogP contribution in [0.4, 0.5) is 16.2 Å². The summed E-state index contributed by atoms with van der Waals surface area (Å²) >= 11 is 5.08. The number of benzene rings is 2. The van der Waals surface area contributed by atoms with Gasteiger partial charge in [-0.15, -0.1) is 0 Å². The normalized spacial score (nSPS) is 10.3. The van der Waals surface area contributed by atoms with Crippen LogP contribution in [0.1, 0.15) is 11.1 Å². The van der Waals surface area contributed by atoms with Crippen molar-refractivity contribution in [3.63, 3.8) is 0 Å². The van der Waals surface area contributed by atoms with Crippen LogP contribution in [-0.4, -0.2) is 5.43 Å². The van der Waals surface area contributed by atoms with Crippen molar-refractivity contribution >= 4 is 28.4 Å². The first-order chi connectivity index (χ1) is 10.2. The highest BCUT2D eigenvalue weighted by atomic mass is 35.5. The lowest BCUT2D eigenvalue weighted by atomic mass is 10.2. The summed E-state index contributed by atoms with van der Waals surface area (Å²) in [6.07, 6.45) is 0. The first kappa shape index (κ1) is 14.7. The van der Waals surface area contributed by atoms with Crippen molar-refractivity contribution in [2.45, 2.75) is 6.61 Å². The summed E-state index contributed by atoms with van der Waals surface area (Å²) in [6.45, 7) is 0.120. The van der Waals surface area contributed by atoms with E-state index in [0.717, 1.165) is 5.56 Å². The van der Waals surface area contributed by atoms with Crippen LogP contribution in [0.15, 0.2) is 58.8 Å². The Kier molecular flexibility index (Phi) is 5.02. The molecular weight excluding hydrogens is 290 g/mol. The summed E-state index contributed by atoms with van der Waals surface area (Å²) in [5, 5.41) is 16.8. The van der Waals surface area contributed by atoms with E-state index < -0.39 is 5.43 Å². The third-order valence-corrected chi connectivity index (χ3v) is 2.68. The van der Waals surface area contributed by atoms with E-state index in [0.29, 0.717) is 16.9 Å². The smallest absolute Gasteiger partial charge is 0.404 e. The van der Waals surface area contributed by atoms with E-state index in [-0.39, 0.29) is 6.61 Å². The molecule has 0 aliphatic carbocycles. The zero-order valence-electron chi connectivity index (χ0n) is 10.9. The monoisotopic (exact) mass is 299 g/mol. The Balaban J connectivity index is 2.00. The Morgan fingerprint density at radius 2 is 1.57 bits per heavy atom. The molecule has 0 radical (unpaired) electrons. The summed E-state index contributed by atoms with van der Waals surface area (Å²) in [5.41, 5.74) is 1.88. The van der Waals surface area contributed by atoms with E-state index in [1.54, 1.807) is 48.5 Å². The molecule has 5 nitrogen and oxygen atoms in total. The largest absolute Gasteiger partial charge is 0.449 e. The molecule has 21 heavy (non-hydrogen) atoms. The van der Waals surface area contributed by atoms with Gasteiger partial charge in [0.05, 0.1) is 23.0 Å². The molecule has 2 rings (SSSR count). The fraction of sp³-hybridized carbons (Fsp3) is 0.0667. The SMILES string of the molecule is N#Cc1ccc(/N=N/c2ccc(COC(=O)Cl)cc2)cc1. The van der Waals surface area contributed by atoms with Gasteiger partial charge in [-0.3, -0.25) is 0 Å². The molecule has 0 fully saturated rings. The molecule has 0 aliphatic rings. The van der Waals surface area contributed by atoms with Crippen LogP contribution in [0.3, 0.4) is 0 Å². The van der Waals surface area contributed by atoms with Gasteiger partial charge in [0.25, 0.3) is 0 Å². The maximum atomic E-state index is 10.5. The van der Waals surface area contributed by atoms with E-state index in [1.807, 2.05) is 6.07 Å². The lowest BCUT2D eigenvalue weighted by Gasteiger charge is -2.00. The number of hydrogen-bond acceptors (Lipinski definition) is 5. The van der Waals surface area contributed by atoms with Crippen molar-refractivity contribution in [2.75, 3.05) is 0 Å². The van der Waals surface area contributed by atoms with Crippen LogP contribution < -0.4 is 0 Å². The summed E-state index contributed by atoms with van der Waals surface area (Å²) < 4.78 is 4.67. The number of nitrogens with zero attached hydrogens (tertiary/aromatic N) is 3. The summed E-state index contributed by atoms with van der Waals surface area (Å²) in [6, 6.07) is 15.9. The number of rotatable bonds is 4. The maximum Gasteiger partial charge on any atom is 0.404 e. The van der Waals surface area contributed by atoms with Gasteiger partial charge in [-0.05, 0) is 42.0 Å². The summed E-state index contributed by atoms with van der Waals surface area (Å²) in [7, 11) is 0. The van der Waals surface area contributed by atoms with Gasteiger partial charge in [-0.25, -0.2) is 4.79 Å². The number of carbonyl (C=O) groups excluding carboxylic acids is 1. The second-order valence-corrected chi connectivity index (χ2v) is 4.36. The predicted octanol–water partition coefficient (Wildman–Crippen LogP) is 4.85. The number of nitriles is 1. The molecule has 6 heteroatoms. The van der Waals surface area contributed by atoms with Gasteiger partial charge in [0.15, 0.2) is 0 Å². The number of halogens is 1. The molecule has 0 spiro atoms. The standard InChI is InChI=1S/C15H10ClN3O2/c16-15(20)21-10-12-3-7-14(8-4-12)19-18-13-5-1-11(9-17)2-6-13/h1-8H,10H2/b19-18+. The molecule has 0 aromatic heterocycles. The third kappa shape index (κ3) is 4.71. The first-order valence-corrected chi connectivity index (χ1v) is 6.38. The van der Waals surface area contributed by atoms with Crippen LogP contribution in [0.2, 0.25) is 0 Å². The summed E-state index contributed by atoms with van der Waals surface area (Å²) in [5.74, 6) is 0. The molecule has 0 saturated heterocycles. The molecule has 0 saturated carbocycles. The highest BCUT2D eigenvalue weighted by Gasteiger charge is 1.98. The topological polar surface area (TPSA) is 74.8 Å². The third-order valence-electron chi connectivity index (χ3n) is 2.57. The maximum absolute atomic E-state index is 10.5. The molecule has 104 valence electrons. The second-order valence-electron chi connectivity index (χ2n) is 4.05. The van der Waals surface area contributed by atoms with E-state index in [4.69, 9.17) is 16.9 Å². The number of azo groups is 1. The van der Waals surface area contributed by atoms with Crippen molar-refractivity contribution in [2.24, 2.45) is 10.2 Å². The van der Waals surface area contributed by atoms with Gasteiger partial charge in [0.1, 0.15) is 6.61 Å². The van der Waals surface area contributed by atoms with Crippen molar-refractivity contribution in [3.8, 4) is 6.07 Å². The fourth-order valence-electron chi connectivity index (χ4n) is 1.52. The Bertz CT molecular complexity index is 688. The van der Waals surface area contributed by atoms with E-state index in [9.17, 15) is 4.79 Å². The van der Waals surface area contributed by atoms with Gasteiger partial charge in [-0.1, -0.05) is 12.1 Å². The minimum atomic E-state index is -0.834. The molecular formula is C15H10ClN3O2. The number of carbonyl (C=O) groups is 1. The zero-order valence-corrected chi connectivity index (χ0v) is 11.6. The van der Waals surface area contributed by atoms with Crippen LogP contribution in [0.25, 0.3) is 0 Å². The van der Waals surface area contributed by atoms with E-state index in [1.165, 1.54) is 0 Å². The lowest BCUT2D eigenvalue weighted by Crippen LogP contribution is -1.93. The van der Waals surface area contributed by atoms with Crippen molar-refractivity contribution < 1.29 is 9.53 Å². The lowest BCUT2D eigenvalue weighted by molar-refractivity contribution is 0.167. The van der Waals surface area contributed by atoms with E-state index in [2.05, 4.69) is 15.0 Å². The molecule has 0 N–H and O–H groups in total. The van der Waals surface area contributed by atoms with E-state index >= 15 is 0 Å². The Morgan fingerprint density at radius 3 is 2.05 bits per heavy atom. The van der Waals surface area contributed by atoms with Crippen LogP contribution >= 0.6 is 11.6 Å². The van der Waals surface area contributed by atoms with Crippen molar-refractivity contribution in [1.29, 1.82) is 5.26 Å². The first-order valence-electron chi connectivity index (χ1n) is 6.00. The molecule has 2 aromatic carbocycles. The van der Waals surface area contributed by atoms with Crippen LogP contribution in [0.5, 0.6) is 0 Å². The highest BCUT2D eigenvalue weighted by molar-refractivity contribution is 6.61. The number of ether oxygens (including phenoxy) is 1. The minimum absolute atomic E-state index is 0.120. The fourth-order valence-corrected chi connectivity index (χ4v) is 1.57. The summed E-state index contributed by atoms with van der Waals surface area (Å²) in [4.78, 5) is 10.5. The minimum Gasteiger partial charge on any atom is -0.449 e. The van der Waals surface area contributed by atoms with Gasteiger partial charge < -0.3 is 4.74 Å². The second kappa shape index (κ2) is 7.17. The van der Waals surface area contributed by atoms with Gasteiger partial charge in [0, 0.05) is 11.6 Å². The molecule has 0 aliphatic heterocycles. The zero-order chi connectivity index (χ0) is 15.1. The molecule has 0 amide bonds. The average molecular weight is 300 g/mol. The molecule has 0 bridgehead atoms. The Morgan fingerprint density at radius 1 is 1.05 bits per heavy atom.